The van der Waals surface area contributed by atoms with Crippen molar-refractivity contribution in [2.24, 2.45) is 0 Å². The van der Waals surface area contributed by atoms with Crippen LogP contribution in [0.25, 0.3) is 47.7 Å². The van der Waals surface area contributed by atoms with Crippen LogP contribution in [-0.4, -0.2) is 12.6 Å². The lowest BCUT2D eigenvalue weighted by Gasteiger charge is -2.39. The third kappa shape index (κ3) is 10.1. The Hall–Kier alpha value is -5.20. The van der Waals surface area contributed by atoms with Gasteiger partial charge in [0.15, 0.2) is 35.3 Å². The lowest BCUT2D eigenvalue weighted by atomic mass is 9.78. The van der Waals surface area contributed by atoms with Crippen molar-refractivity contribution in [1.29, 1.82) is 0 Å². The van der Waals surface area contributed by atoms with Gasteiger partial charge >= 0.3 is 0 Å². The van der Waals surface area contributed by atoms with Crippen molar-refractivity contribution in [1.82, 2.24) is 0 Å². The van der Waals surface area contributed by atoms with Crippen molar-refractivity contribution in [3.05, 3.63) is 175 Å². The van der Waals surface area contributed by atoms with Crippen molar-refractivity contribution >= 4 is 109 Å². The topological polar surface area (TPSA) is 52.6 Å². The third-order valence-corrected chi connectivity index (χ3v) is 24.3. The first-order valence-electron chi connectivity index (χ1n) is 29.7. The maximum atomic E-state index is 12.6. The Kier molecular flexibility index (Phi) is 16.8. The highest BCUT2D eigenvalue weighted by molar-refractivity contribution is 7.37. The molecule has 4 aromatic carbocycles. The van der Waals surface area contributed by atoms with Crippen LogP contribution in [0.1, 0.15) is 205 Å². The van der Waals surface area contributed by atoms with Crippen LogP contribution >= 0.6 is 68.0 Å². The van der Waals surface area contributed by atoms with E-state index in [0.29, 0.717) is 0 Å². The SMILES string of the molecule is CCCCCCc1ccc(C2(c3ccc(CCCCCC)cc3)Oc3c(sc4c5c(sc34)-c3sc4cc(C=O)sc4c3C(c3ccc(CCCCCC)cc3)(c3ccc(CCCCCC)cc3)O5)-c3sc4cc(C=O)sc4c32)cc1. The zero-order valence-corrected chi connectivity index (χ0v) is 51.7. The number of thiophene rings is 6. The lowest BCUT2D eigenvalue weighted by Crippen LogP contribution is -2.38. The Morgan fingerprint density at radius 2 is 0.650 bits per heavy atom. The molecule has 8 heterocycles. The maximum absolute atomic E-state index is 12.6. The molecule has 0 saturated carbocycles. The Labute approximate surface area is 496 Å². The van der Waals surface area contributed by atoms with Crippen LogP contribution < -0.4 is 9.47 Å². The molecule has 0 radical (unpaired) electrons. The van der Waals surface area contributed by atoms with E-state index in [1.54, 1.807) is 68.0 Å². The minimum absolute atomic E-state index is 0.727. The third-order valence-electron chi connectivity index (χ3n) is 16.8. The summed E-state index contributed by atoms with van der Waals surface area (Å²) in [4.78, 5) is 31.3. The van der Waals surface area contributed by atoms with E-state index in [4.69, 9.17) is 9.47 Å². The fourth-order valence-electron chi connectivity index (χ4n) is 12.5. The predicted molar refractivity (Wildman–Crippen MR) is 346 cm³/mol. The predicted octanol–water partition coefficient (Wildman–Crippen LogP) is 22.3. The molecule has 80 heavy (non-hydrogen) atoms. The van der Waals surface area contributed by atoms with E-state index in [0.717, 1.165) is 131 Å². The molecule has 0 bridgehead atoms. The summed E-state index contributed by atoms with van der Waals surface area (Å²) in [5.74, 6) is 1.79. The normalized spacial score (nSPS) is 14.0. The van der Waals surface area contributed by atoms with Gasteiger partial charge in [-0.2, -0.15) is 0 Å². The molecule has 0 N–H and O–H groups in total. The standard InChI is InChI=1S/C70H72O4S6/c1-5-9-13-17-21-45-25-33-49(34-26-45)69(50-35-27-46(28-36-50)22-18-14-10-6-2)57-61-55(41-53(43-71)75-61)77-63(57)65-59(73-69)67-68(79-65)60-66(80-67)64-58(62-56(78-64)42-54(44-72)76-62)70(74-60,51-37-29-47(30-38-51)23-19-15-11-7-3)52-39-31-48(32-40-52)24-20-16-12-8-4/h25-44H,5-24H2,1-4H3. The number of ether oxygens (including phenoxy) is 2. The molecule has 412 valence electrons. The monoisotopic (exact) mass is 1170 g/mol. The molecule has 10 heteroatoms. The molecule has 12 rings (SSSR count). The highest BCUT2D eigenvalue weighted by Crippen LogP contribution is 2.68. The number of fused-ring (bicyclic) bond motifs is 13. The van der Waals surface area contributed by atoms with Crippen molar-refractivity contribution in [2.45, 2.75) is 167 Å². The summed E-state index contributed by atoms with van der Waals surface area (Å²) in [6.45, 7) is 9.09. The number of aldehydes is 2. The highest BCUT2D eigenvalue weighted by atomic mass is 32.1. The van der Waals surface area contributed by atoms with Crippen LogP contribution in [0, 0.1) is 0 Å². The first-order valence-corrected chi connectivity index (χ1v) is 34.6. The number of rotatable bonds is 26. The summed E-state index contributed by atoms with van der Waals surface area (Å²) in [6.07, 6.45) is 25.7. The Morgan fingerprint density at radius 3 is 0.925 bits per heavy atom. The van der Waals surface area contributed by atoms with Crippen LogP contribution in [0.15, 0.2) is 109 Å². The average Bonchev–Trinajstić information content (AvgIpc) is 4.00. The summed E-state index contributed by atoms with van der Waals surface area (Å²) in [5, 5.41) is 0. The summed E-state index contributed by atoms with van der Waals surface area (Å²) in [7, 11) is 0. The van der Waals surface area contributed by atoms with Crippen LogP contribution in [-0.2, 0) is 36.9 Å². The van der Waals surface area contributed by atoms with Crippen LogP contribution in [0.2, 0.25) is 0 Å². The van der Waals surface area contributed by atoms with E-state index >= 15 is 0 Å². The molecule has 0 saturated heterocycles. The number of hydrogen-bond donors (Lipinski definition) is 0. The number of carbonyl (C=O) groups is 2. The van der Waals surface area contributed by atoms with E-state index < -0.39 is 11.2 Å². The summed E-state index contributed by atoms with van der Waals surface area (Å²) >= 11 is 10.3. The molecule has 2 aliphatic heterocycles. The molecule has 2 aliphatic rings. The second-order valence-electron chi connectivity index (χ2n) is 22.3. The molecule has 6 aromatic heterocycles. The van der Waals surface area contributed by atoms with E-state index in [2.05, 4.69) is 137 Å². The molecule has 0 aliphatic carbocycles. The maximum Gasteiger partial charge on any atom is 0.187 e. The number of carbonyl (C=O) groups excluding carboxylic acids is 2. The molecule has 0 atom stereocenters. The fraction of sp³-hybridized carbons (Fsp3) is 0.371. The van der Waals surface area contributed by atoms with E-state index in [9.17, 15) is 9.59 Å². The number of aryl methyl sites for hydroxylation is 4. The average molecular weight is 1170 g/mol. The quantitative estimate of drug-likeness (QED) is 0.0400. The second-order valence-corrected chi connectivity index (χ2v) is 28.6. The van der Waals surface area contributed by atoms with Crippen molar-refractivity contribution in [3.63, 3.8) is 0 Å². The first kappa shape index (κ1) is 55.3. The Balaban J connectivity index is 1.06. The molecular weight excluding hydrogens is 1100 g/mol. The van der Waals surface area contributed by atoms with Crippen LogP contribution in [0.4, 0.5) is 0 Å². The minimum Gasteiger partial charge on any atom is -0.470 e. The lowest BCUT2D eigenvalue weighted by molar-refractivity contribution is 0.111. The molecule has 0 spiro atoms. The minimum atomic E-state index is -1.02. The van der Waals surface area contributed by atoms with Gasteiger partial charge < -0.3 is 9.47 Å². The summed E-state index contributed by atoms with van der Waals surface area (Å²) in [6, 6.07) is 41.4. The van der Waals surface area contributed by atoms with Gasteiger partial charge in [0, 0.05) is 42.8 Å². The molecule has 10 aromatic rings. The molecule has 4 nitrogen and oxygen atoms in total. The van der Waals surface area contributed by atoms with Gasteiger partial charge in [0.2, 0.25) is 0 Å². The van der Waals surface area contributed by atoms with Crippen LogP contribution in [0.3, 0.4) is 0 Å². The van der Waals surface area contributed by atoms with Gasteiger partial charge in [-0.15, -0.1) is 68.0 Å². The number of benzene rings is 4. The summed E-state index contributed by atoms with van der Waals surface area (Å²) < 4.78 is 22.9. The largest absolute Gasteiger partial charge is 0.470 e. The van der Waals surface area contributed by atoms with Gasteiger partial charge in [-0.3, -0.25) is 9.59 Å². The van der Waals surface area contributed by atoms with Gasteiger partial charge in [0.25, 0.3) is 0 Å². The number of hydrogen-bond acceptors (Lipinski definition) is 10. The highest BCUT2D eigenvalue weighted by Gasteiger charge is 2.52. The van der Waals surface area contributed by atoms with Crippen molar-refractivity contribution in [3.8, 4) is 31.0 Å². The van der Waals surface area contributed by atoms with E-state index in [-0.39, 0.29) is 0 Å². The van der Waals surface area contributed by atoms with Gasteiger partial charge in [0.05, 0.1) is 48.1 Å². The van der Waals surface area contributed by atoms with Gasteiger partial charge in [0.1, 0.15) is 0 Å². The van der Waals surface area contributed by atoms with Gasteiger partial charge in [-0.05, 0) is 85.8 Å². The molecular formula is C70H72O4S6. The number of unbranched alkanes of at least 4 members (excludes halogenated alkanes) is 12. The van der Waals surface area contributed by atoms with Gasteiger partial charge in [-0.1, -0.05) is 202 Å². The Bertz CT molecular complexity index is 3400. The van der Waals surface area contributed by atoms with Crippen molar-refractivity contribution in [2.75, 3.05) is 0 Å². The van der Waals surface area contributed by atoms with Crippen LogP contribution in [0.5, 0.6) is 11.5 Å². The van der Waals surface area contributed by atoms with Crippen molar-refractivity contribution < 1.29 is 19.1 Å². The molecule has 0 amide bonds. The van der Waals surface area contributed by atoms with E-state index in [1.807, 2.05) is 0 Å². The second kappa shape index (κ2) is 24.3. The zero-order valence-electron chi connectivity index (χ0n) is 46.8. The van der Waals surface area contributed by atoms with E-state index in [1.165, 1.54) is 135 Å². The smallest absolute Gasteiger partial charge is 0.187 e. The Morgan fingerprint density at radius 1 is 0.350 bits per heavy atom. The molecule has 0 fully saturated rings. The fourth-order valence-corrected chi connectivity index (χ4v) is 20.4. The summed E-state index contributed by atoms with van der Waals surface area (Å²) in [5.41, 5.74) is 9.93. The molecule has 0 unspecified atom stereocenters. The zero-order chi connectivity index (χ0) is 54.8. The first-order chi connectivity index (χ1) is 39.3. The van der Waals surface area contributed by atoms with Gasteiger partial charge in [-0.25, -0.2) is 0 Å².